The molecule has 0 saturated carbocycles. The van der Waals surface area contributed by atoms with Crippen LogP contribution in [0.1, 0.15) is 30.9 Å². The Morgan fingerprint density at radius 1 is 0.906 bits per heavy atom. The van der Waals surface area contributed by atoms with Crippen molar-refractivity contribution in [3.63, 3.8) is 0 Å². The van der Waals surface area contributed by atoms with Crippen LogP contribution in [0.5, 0.6) is 11.5 Å². The van der Waals surface area contributed by atoms with E-state index in [1.54, 1.807) is 32.4 Å². The SMILES string of the molecule is COc1ccc(CCCNCCCNC(=O)/C=C/c2ccc(NC(C)=O)cc2)cc1OC. The third-order valence-corrected chi connectivity index (χ3v) is 4.75. The number of aryl methyl sites for hydroxylation is 1. The quantitative estimate of drug-likeness (QED) is 0.329. The second-order valence-electron chi connectivity index (χ2n) is 7.32. The highest BCUT2D eigenvalue weighted by Gasteiger charge is 2.04. The molecule has 2 amide bonds. The van der Waals surface area contributed by atoms with Crippen molar-refractivity contribution in [3.05, 3.63) is 59.7 Å². The molecule has 0 aliphatic carbocycles. The number of anilines is 1. The van der Waals surface area contributed by atoms with Gasteiger partial charge in [-0.3, -0.25) is 9.59 Å². The van der Waals surface area contributed by atoms with Crippen molar-refractivity contribution in [2.45, 2.75) is 26.2 Å². The minimum atomic E-state index is -0.121. The summed E-state index contributed by atoms with van der Waals surface area (Å²) in [5, 5.41) is 8.99. The number of amides is 2. The first-order valence-corrected chi connectivity index (χ1v) is 10.8. The minimum absolute atomic E-state index is 0.111. The summed E-state index contributed by atoms with van der Waals surface area (Å²) in [6, 6.07) is 13.3. The molecule has 2 rings (SSSR count). The van der Waals surface area contributed by atoms with Gasteiger partial charge in [0.25, 0.3) is 0 Å². The highest BCUT2D eigenvalue weighted by molar-refractivity contribution is 5.92. The van der Waals surface area contributed by atoms with E-state index in [0.29, 0.717) is 6.54 Å². The van der Waals surface area contributed by atoms with Crippen LogP contribution in [0.25, 0.3) is 6.08 Å². The van der Waals surface area contributed by atoms with Gasteiger partial charge < -0.3 is 25.4 Å². The fourth-order valence-corrected chi connectivity index (χ4v) is 3.12. The van der Waals surface area contributed by atoms with Gasteiger partial charge in [0.1, 0.15) is 0 Å². The molecule has 7 nitrogen and oxygen atoms in total. The molecule has 2 aromatic carbocycles. The molecule has 0 saturated heterocycles. The maximum Gasteiger partial charge on any atom is 0.243 e. The second-order valence-corrected chi connectivity index (χ2v) is 7.32. The number of carbonyl (C=O) groups is 2. The number of hydrogen-bond donors (Lipinski definition) is 3. The Labute approximate surface area is 190 Å². The zero-order valence-corrected chi connectivity index (χ0v) is 19.1. The van der Waals surface area contributed by atoms with Crippen LogP contribution in [0.2, 0.25) is 0 Å². The van der Waals surface area contributed by atoms with E-state index < -0.39 is 0 Å². The van der Waals surface area contributed by atoms with E-state index in [2.05, 4.69) is 22.0 Å². The lowest BCUT2D eigenvalue weighted by atomic mass is 10.1. The number of carbonyl (C=O) groups excluding carboxylic acids is 2. The predicted molar refractivity (Wildman–Crippen MR) is 128 cm³/mol. The maximum atomic E-state index is 11.9. The number of ether oxygens (including phenoxy) is 2. The van der Waals surface area contributed by atoms with Gasteiger partial charge >= 0.3 is 0 Å². The van der Waals surface area contributed by atoms with Gasteiger partial charge in [-0.05, 0) is 73.8 Å². The number of benzene rings is 2. The molecule has 0 heterocycles. The molecule has 0 aliphatic heterocycles. The third kappa shape index (κ3) is 9.22. The summed E-state index contributed by atoms with van der Waals surface area (Å²) in [5.74, 6) is 1.26. The fourth-order valence-electron chi connectivity index (χ4n) is 3.12. The van der Waals surface area contributed by atoms with E-state index in [1.807, 2.05) is 24.3 Å². The first-order valence-electron chi connectivity index (χ1n) is 10.8. The number of methoxy groups -OCH3 is 2. The van der Waals surface area contributed by atoms with Crippen LogP contribution in [0, 0.1) is 0 Å². The van der Waals surface area contributed by atoms with Crippen molar-refractivity contribution >= 4 is 23.6 Å². The smallest absolute Gasteiger partial charge is 0.243 e. The molecule has 0 atom stereocenters. The fraction of sp³-hybridized carbons (Fsp3) is 0.360. The van der Waals surface area contributed by atoms with Crippen molar-refractivity contribution in [2.24, 2.45) is 0 Å². The molecule has 172 valence electrons. The first-order chi connectivity index (χ1) is 15.5. The second kappa shape index (κ2) is 13.9. The molecular formula is C25H33N3O4. The highest BCUT2D eigenvalue weighted by Crippen LogP contribution is 2.27. The summed E-state index contributed by atoms with van der Waals surface area (Å²) in [6.07, 6.45) is 6.11. The Hall–Kier alpha value is -3.32. The molecule has 0 fully saturated rings. The molecule has 7 heteroatoms. The molecule has 0 aliphatic rings. The molecule has 2 aromatic rings. The topological polar surface area (TPSA) is 88.7 Å². The van der Waals surface area contributed by atoms with E-state index >= 15 is 0 Å². The van der Waals surface area contributed by atoms with Gasteiger partial charge in [-0.1, -0.05) is 18.2 Å². The van der Waals surface area contributed by atoms with Crippen molar-refractivity contribution in [1.82, 2.24) is 10.6 Å². The summed E-state index contributed by atoms with van der Waals surface area (Å²) < 4.78 is 10.6. The third-order valence-electron chi connectivity index (χ3n) is 4.75. The van der Waals surface area contributed by atoms with E-state index in [1.165, 1.54) is 18.6 Å². The Morgan fingerprint density at radius 2 is 1.62 bits per heavy atom. The van der Waals surface area contributed by atoms with Gasteiger partial charge in [0, 0.05) is 25.2 Å². The van der Waals surface area contributed by atoms with E-state index in [-0.39, 0.29) is 11.8 Å². The van der Waals surface area contributed by atoms with Gasteiger partial charge in [-0.15, -0.1) is 0 Å². The van der Waals surface area contributed by atoms with Gasteiger partial charge in [0.2, 0.25) is 11.8 Å². The molecule has 0 bridgehead atoms. The molecule has 0 aromatic heterocycles. The summed E-state index contributed by atoms with van der Waals surface area (Å²) in [7, 11) is 3.28. The molecule has 3 N–H and O–H groups in total. The average molecular weight is 440 g/mol. The molecule has 0 radical (unpaired) electrons. The zero-order valence-electron chi connectivity index (χ0n) is 19.1. The van der Waals surface area contributed by atoms with Crippen LogP contribution in [0.3, 0.4) is 0 Å². The Kier molecular flexibility index (Phi) is 10.8. The number of nitrogens with one attached hydrogen (secondary N) is 3. The largest absolute Gasteiger partial charge is 0.493 e. The lowest BCUT2D eigenvalue weighted by Gasteiger charge is -2.10. The van der Waals surface area contributed by atoms with Crippen LogP contribution in [0.4, 0.5) is 5.69 Å². The van der Waals surface area contributed by atoms with E-state index in [0.717, 1.165) is 55.1 Å². The molecule has 0 unspecified atom stereocenters. The van der Waals surface area contributed by atoms with Gasteiger partial charge in [-0.25, -0.2) is 0 Å². The summed E-state index contributed by atoms with van der Waals surface area (Å²) in [4.78, 5) is 22.9. The number of rotatable bonds is 13. The molecule has 32 heavy (non-hydrogen) atoms. The number of hydrogen-bond acceptors (Lipinski definition) is 5. The summed E-state index contributed by atoms with van der Waals surface area (Å²) in [5.41, 5.74) is 2.84. The predicted octanol–water partition coefficient (Wildman–Crippen LogP) is 3.40. The normalized spacial score (nSPS) is 10.7. The lowest BCUT2D eigenvalue weighted by Crippen LogP contribution is -2.26. The lowest BCUT2D eigenvalue weighted by molar-refractivity contribution is -0.116. The van der Waals surface area contributed by atoms with Crippen molar-refractivity contribution in [3.8, 4) is 11.5 Å². The van der Waals surface area contributed by atoms with Crippen molar-refractivity contribution < 1.29 is 19.1 Å². The van der Waals surface area contributed by atoms with Crippen molar-refractivity contribution in [1.29, 1.82) is 0 Å². The van der Waals surface area contributed by atoms with Crippen LogP contribution >= 0.6 is 0 Å². The minimum Gasteiger partial charge on any atom is -0.493 e. The van der Waals surface area contributed by atoms with E-state index in [9.17, 15) is 9.59 Å². The highest BCUT2D eigenvalue weighted by atomic mass is 16.5. The standard InChI is InChI=1S/C25H33N3O4/c1-19(29)28-22-11-7-20(8-12-22)10-14-25(30)27-17-5-16-26-15-4-6-21-9-13-23(31-2)24(18-21)32-3/h7-14,18,26H,4-6,15-17H2,1-3H3,(H,27,30)(H,28,29)/b14-10+. The Bertz CT molecular complexity index is 895. The first kappa shape index (κ1) is 24.9. The van der Waals surface area contributed by atoms with Crippen LogP contribution in [0.15, 0.2) is 48.5 Å². The van der Waals surface area contributed by atoms with Gasteiger partial charge in [-0.2, -0.15) is 0 Å². The monoisotopic (exact) mass is 439 g/mol. The van der Waals surface area contributed by atoms with Crippen molar-refractivity contribution in [2.75, 3.05) is 39.2 Å². The van der Waals surface area contributed by atoms with E-state index in [4.69, 9.17) is 9.47 Å². The van der Waals surface area contributed by atoms with Crippen LogP contribution in [-0.2, 0) is 16.0 Å². The van der Waals surface area contributed by atoms with Gasteiger partial charge in [0.15, 0.2) is 11.5 Å². The summed E-state index contributed by atoms with van der Waals surface area (Å²) in [6.45, 7) is 3.85. The van der Waals surface area contributed by atoms with Crippen LogP contribution in [-0.4, -0.2) is 45.7 Å². The average Bonchev–Trinajstić information content (AvgIpc) is 2.79. The molecule has 0 spiro atoms. The molecular weight excluding hydrogens is 406 g/mol. The Morgan fingerprint density at radius 3 is 2.31 bits per heavy atom. The maximum absolute atomic E-state index is 11.9. The zero-order chi connectivity index (χ0) is 23.2. The Balaban J connectivity index is 1.55. The summed E-state index contributed by atoms with van der Waals surface area (Å²) >= 11 is 0. The van der Waals surface area contributed by atoms with Crippen LogP contribution < -0.4 is 25.4 Å². The van der Waals surface area contributed by atoms with Gasteiger partial charge in [0.05, 0.1) is 14.2 Å².